The molecule has 0 aliphatic heterocycles. The Hall–Kier alpha value is 0.0200. The molecule has 7 heteroatoms. The van der Waals surface area contributed by atoms with Crippen LogP contribution in [0.25, 0.3) is 0 Å². The van der Waals surface area contributed by atoms with Gasteiger partial charge in [-0.3, -0.25) is 0 Å². The molecular formula is C9H7F2I2N3. The molecule has 0 aromatic carbocycles. The first-order valence-corrected chi connectivity index (χ1v) is 14.1. The molecule has 0 amide bonds. The van der Waals surface area contributed by atoms with Crippen LogP contribution in [0.15, 0.2) is 0 Å². The minimum atomic E-state index is -2.76. The summed E-state index contributed by atoms with van der Waals surface area (Å²) in [5.74, 6) is -3.44. The molecule has 3 nitrogen and oxygen atoms in total. The van der Waals surface area contributed by atoms with Gasteiger partial charge in [0.15, 0.2) is 0 Å². The number of hydrogen-bond acceptors (Lipinski definition) is 2. The van der Waals surface area contributed by atoms with Crippen molar-refractivity contribution in [2.24, 2.45) is 5.92 Å². The molecule has 3 rings (SSSR count). The van der Waals surface area contributed by atoms with E-state index in [1.54, 1.807) is 0 Å². The summed E-state index contributed by atoms with van der Waals surface area (Å²) in [6, 6.07) is 1.95. The molecule has 1 aromatic rings. The molecular weight excluding hydrogens is 442 g/mol. The molecule has 2 atom stereocenters. The first-order chi connectivity index (χ1) is 7.48. The number of fused-ring (bicyclic) bond motifs is 3. The van der Waals surface area contributed by atoms with Crippen molar-refractivity contribution in [1.82, 2.24) is 7.99 Å². The Kier molecular flexibility index (Phi) is 2.28. The van der Waals surface area contributed by atoms with Crippen molar-refractivity contribution in [1.29, 1.82) is 5.26 Å². The molecule has 2 aliphatic rings. The minimum absolute atomic E-state index is 0.0485. The standard InChI is InChI=1S/C9H7F2I2N3/c1-13(12)16-8-7(6(3-14)15-16)4-2-5(4)9(8,10)11/h4-5H,2H2,1H3/t4?,5-/m1/s1. The Morgan fingerprint density at radius 2 is 2.38 bits per heavy atom. The fraction of sp³-hybridized carbons (Fsp3) is 0.556. The molecule has 0 bridgehead atoms. The Bertz CT molecular complexity index is 518. The van der Waals surface area contributed by atoms with Gasteiger partial charge < -0.3 is 0 Å². The van der Waals surface area contributed by atoms with Gasteiger partial charge in [-0.15, -0.1) is 0 Å². The van der Waals surface area contributed by atoms with Crippen molar-refractivity contribution < 1.29 is 8.78 Å². The van der Waals surface area contributed by atoms with Crippen LogP contribution in [0.5, 0.6) is 0 Å². The second-order valence-electron chi connectivity index (χ2n) is 4.03. The predicted octanol–water partition coefficient (Wildman–Crippen LogP) is 3.21. The number of nitriles is 1. The van der Waals surface area contributed by atoms with Gasteiger partial charge in [0.25, 0.3) is 0 Å². The summed E-state index contributed by atoms with van der Waals surface area (Å²) in [5, 5.41) is 13.0. The van der Waals surface area contributed by atoms with E-state index in [2.05, 4.69) is 23.7 Å². The molecule has 0 radical (unpaired) electrons. The molecule has 0 saturated heterocycles. The van der Waals surface area contributed by atoms with E-state index in [1.807, 2.05) is 11.0 Å². The van der Waals surface area contributed by atoms with Gasteiger partial charge in [0.05, 0.1) is 0 Å². The fourth-order valence-electron chi connectivity index (χ4n) is 2.40. The van der Waals surface area contributed by atoms with Crippen LogP contribution in [0.1, 0.15) is 29.3 Å². The van der Waals surface area contributed by atoms with Crippen LogP contribution in [0.3, 0.4) is 0 Å². The van der Waals surface area contributed by atoms with Crippen LogP contribution >= 0.6 is 34.7 Å². The van der Waals surface area contributed by atoms with E-state index in [0.717, 1.165) is 0 Å². The third-order valence-corrected chi connectivity index (χ3v) is 7.43. The van der Waals surface area contributed by atoms with Crippen LogP contribution in [0.4, 0.5) is 8.78 Å². The number of alkyl halides is 3. The molecule has 1 fully saturated rings. The predicted molar refractivity (Wildman–Crippen MR) is 71.0 cm³/mol. The Balaban J connectivity index is 2.28. The summed E-state index contributed by atoms with van der Waals surface area (Å²) < 4.78 is 29.5. The van der Waals surface area contributed by atoms with Gasteiger partial charge in [-0.05, 0) is 0 Å². The monoisotopic (exact) mass is 449 g/mol. The van der Waals surface area contributed by atoms with E-state index in [0.29, 0.717) is 12.0 Å². The zero-order valence-corrected chi connectivity index (χ0v) is 12.5. The third kappa shape index (κ3) is 1.23. The second-order valence-corrected chi connectivity index (χ2v) is 15.0. The van der Waals surface area contributed by atoms with E-state index in [4.69, 9.17) is 5.26 Å². The molecule has 1 heterocycles. The number of hydrogen-bond donors (Lipinski definition) is 0. The van der Waals surface area contributed by atoms with Crippen molar-refractivity contribution in [3.05, 3.63) is 17.0 Å². The van der Waals surface area contributed by atoms with Crippen LogP contribution in [-0.4, -0.2) is 12.9 Å². The van der Waals surface area contributed by atoms with E-state index in [-0.39, 0.29) is 17.3 Å². The van der Waals surface area contributed by atoms with E-state index < -0.39 is 28.0 Å². The first kappa shape index (κ1) is 11.1. The quantitative estimate of drug-likeness (QED) is 0.489. The molecule has 1 saturated carbocycles. The number of halogens is 4. The summed E-state index contributed by atoms with van der Waals surface area (Å²) in [5.41, 5.74) is 0.811. The van der Waals surface area contributed by atoms with Gasteiger partial charge in [0.2, 0.25) is 0 Å². The van der Waals surface area contributed by atoms with E-state index in [9.17, 15) is 8.78 Å². The fourth-order valence-corrected chi connectivity index (χ4v) is 5.93. The molecule has 0 spiro atoms. The van der Waals surface area contributed by atoms with Gasteiger partial charge in [0, 0.05) is 0 Å². The second kappa shape index (κ2) is 3.28. The third-order valence-electron chi connectivity index (χ3n) is 3.15. The van der Waals surface area contributed by atoms with Crippen molar-refractivity contribution >= 4 is 34.7 Å². The van der Waals surface area contributed by atoms with Crippen LogP contribution < -0.4 is 0 Å². The Morgan fingerprint density at radius 3 is 2.94 bits per heavy atom. The van der Waals surface area contributed by atoms with E-state index in [1.165, 1.54) is 2.90 Å². The zero-order chi connectivity index (χ0) is 11.7. The van der Waals surface area contributed by atoms with Crippen molar-refractivity contribution in [2.75, 3.05) is 4.93 Å². The summed E-state index contributed by atoms with van der Waals surface area (Å²) in [4.78, 5) is 1.94. The van der Waals surface area contributed by atoms with Gasteiger partial charge in [-0.2, -0.15) is 0 Å². The Morgan fingerprint density at radius 1 is 1.69 bits per heavy atom. The topological polar surface area (TPSA) is 41.6 Å². The van der Waals surface area contributed by atoms with Gasteiger partial charge in [0.1, 0.15) is 0 Å². The van der Waals surface area contributed by atoms with Crippen molar-refractivity contribution in [3.63, 3.8) is 0 Å². The van der Waals surface area contributed by atoms with Crippen molar-refractivity contribution in [2.45, 2.75) is 18.3 Å². The average Bonchev–Trinajstić information content (AvgIpc) is 2.85. The number of rotatable bonds is 1. The molecule has 2 aliphatic carbocycles. The Labute approximate surface area is 108 Å². The normalized spacial score (nSPS) is 29.3. The summed E-state index contributed by atoms with van der Waals surface area (Å²) >= 11 is 0.501. The number of aromatic nitrogens is 2. The summed E-state index contributed by atoms with van der Waals surface area (Å²) in [6.07, 6.45) is 0.513. The SMILES string of the molecule is CI(I)n1nc(C#N)c2c1C(F)(F)[C@@H]1CC21. The molecule has 1 unspecified atom stereocenters. The maximum absolute atomic E-state index is 14.0. The first-order valence-electron chi connectivity index (χ1n) is 4.67. The maximum atomic E-state index is 14.0. The van der Waals surface area contributed by atoms with Crippen molar-refractivity contribution in [3.8, 4) is 6.07 Å². The number of nitrogens with zero attached hydrogens (tertiary/aromatic N) is 3. The van der Waals surface area contributed by atoms with Gasteiger partial charge >= 0.3 is 109 Å². The molecule has 0 N–H and O–H groups in total. The van der Waals surface area contributed by atoms with Gasteiger partial charge in [-0.1, -0.05) is 0 Å². The summed E-state index contributed by atoms with van der Waals surface area (Å²) in [6.45, 7) is 0. The van der Waals surface area contributed by atoms with Gasteiger partial charge in [-0.25, -0.2) is 0 Å². The molecule has 16 heavy (non-hydrogen) atoms. The molecule has 1 aromatic heterocycles. The summed E-state index contributed by atoms with van der Waals surface area (Å²) in [7, 11) is 0. The zero-order valence-electron chi connectivity index (χ0n) is 8.22. The van der Waals surface area contributed by atoms with Crippen LogP contribution in [-0.2, 0) is 5.92 Å². The van der Waals surface area contributed by atoms with E-state index >= 15 is 0 Å². The van der Waals surface area contributed by atoms with Crippen LogP contribution in [0, 0.1) is 17.2 Å². The molecule has 86 valence electrons. The van der Waals surface area contributed by atoms with Crippen LogP contribution in [0.2, 0.25) is 0 Å². The average molecular weight is 449 g/mol.